The minimum atomic E-state index is -3.92. The van der Waals surface area contributed by atoms with Gasteiger partial charge in [0.25, 0.3) is 0 Å². The molecule has 0 saturated heterocycles. The Bertz CT molecular complexity index is 479. The van der Waals surface area contributed by atoms with Gasteiger partial charge in [-0.05, 0) is 24.3 Å². The quantitative estimate of drug-likeness (QED) is 0.734. The molecule has 5 nitrogen and oxygen atoms in total. The molecule has 1 rings (SSSR count). The average molecular weight is 248 g/mol. The zero-order chi connectivity index (χ0) is 12.3. The molecule has 0 heterocycles. The van der Waals surface area contributed by atoms with Crippen molar-refractivity contribution in [2.45, 2.75) is 11.0 Å². The Labute approximate surface area is 91.1 Å². The van der Waals surface area contributed by atoms with E-state index >= 15 is 0 Å². The van der Waals surface area contributed by atoms with Crippen LogP contribution < -0.4 is 0 Å². The number of sulfone groups is 1. The number of rotatable bonds is 4. The summed E-state index contributed by atoms with van der Waals surface area (Å²) >= 11 is 0. The highest BCUT2D eigenvalue weighted by Crippen LogP contribution is 2.12. The molecule has 0 aliphatic heterocycles. The minimum Gasteiger partial charge on any atom is -0.479 e. The Morgan fingerprint density at radius 2 is 1.81 bits per heavy atom. The van der Waals surface area contributed by atoms with Gasteiger partial charge in [0.15, 0.2) is 15.9 Å². The molecule has 1 unspecified atom stereocenters. The van der Waals surface area contributed by atoms with Crippen LogP contribution in [0.15, 0.2) is 29.2 Å². The Balaban J connectivity index is 2.94. The Hall–Kier alpha value is -1.47. The van der Waals surface area contributed by atoms with Crippen LogP contribution in [0.5, 0.6) is 0 Å². The lowest BCUT2D eigenvalue weighted by Gasteiger charge is -2.06. The summed E-state index contributed by atoms with van der Waals surface area (Å²) in [6.45, 7) is 0. The van der Waals surface area contributed by atoms with Gasteiger partial charge in [-0.15, -0.1) is 0 Å². The number of halogens is 1. The van der Waals surface area contributed by atoms with E-state index in [0.29, 0.717) is 0 Å². The maximum atomic E-state index is 12.5. The minimum absolute atomic E-state index is 0.228. The van der Waals surface area contributed by atoms with Crippen LogP contribution in [0, 0.1) is 5.82 Å². The number of carbonyl (C=O) groups is 1. The zero-order valence-corrected chi connectivity index (χ0v) is 8.82. The first-order valence-corrected chi connectivity index (χ1v) is 5.87. The largest absolute Gasteiger partial charge is 0.479 e. The third-order valence-corrected chi connectivity index (χ3v) is 3.58. The molecular formula is C9H9FO5S. The molecule has 1 atom stereocenters. The first-order chi connectivity index (χ1) is 7.33. The van der Waals surface area contributed by atoms with Crippen molar-refractivity contribution in [1.82, 2.24) is 0 Å². The summed E-state index contributed by atoms with van der Waals surface area (Å²) in [4.78, 5) is 10.1. The number of benzene rings is 1. The second kappa shape index (κ2) is 4.58. The standard InChI is InChI=1S/C9H9FO5S/c10-6-1-3-7(4-2-6)16(14,15)5-8(11)9(12)13/h1-4,8,11H,5H2,(H,12,13). The lowest BCUT2D eigenvalue weighted by atomic mass is 10.3. The van der Waals surface area contributed by atoms with Crippen LogP contribution in [-0.2, 0) is 14.6 Å². The summed E-state index contributed by atoms with van der Waals surface area (Å²) in [6.07, 6.45) is -1.99. The lowest BCUT2D eigenvalue weighted by molar-refractivity contribution is -0.145. The number of hydrogen-bond acceptors (Lipinski definition) is 4. The first-order valence-electron chi connectivity index (χ1n) is 4.22. The summed E-state index contributed by atoms with van der Waals surface area (Å²) in [5, 5.41) is 17.3. The highest BCUT2D eigenvalue weighted by atomic mass is 32.2. The molecule has 1 aromatic rings. The van der Waals surface area contributed by atoms with Crippen LogP contribution in [0.1, 0.15) is 0 Å². The van der Waals surface area contributed by atoms with E-state index in [0.717, 1.165) is 24.3 Å². The van der Waals surface area contributed by atoms with Crippen LogP contribution in [0.25, 0.3) is 0 Å². The van der Waals surface area contributed by atoms with E-state index in [-0.39, 0.29) is 4.90 Å². The number of aliphatic carboxylic acids is 1. The maximum Gasteiger partial charge on any atom is 0.333 e. The molecular weight excluding hydrogens is 239 g/mol. The van der Waals surface area contributed by atoms with Gasteiger partial charge in [0.2, 0.25) is 0 Å². The van der Waals surface area contributed by atoms with Crippen LogP contribution in [0.2, 0.25) is 0 Å². The van der Waals surface area contributed by atoms with E-state index in [1.165, 1.54) is 0 Å². The summed E-state index contributed by atoms with van der Waals surface area (Å²) in [6, 6.07) is 3.92. The van der Waals surface area contributed by atoms with Crippen molar-refractivity contribution < 1.29 is 27.8 Å². The number of carboxylic acid groups (broad SMARTS) is 1. The highest BCUT2D eigenvalue weighted by molar-refractivity contribution is 7.91. The van der Waals surface area contributed by atoms with Crippen molar-refractivity contribution >= 4 is 15.8 Å². The number of aliphatic hydroxyl groups is 1. The van der Waals surface area contributed by atoms with Gasteiger partial charge in [0.1, 0.15) is 5.82 Å². The van der Waals surface area contributed by atoms with Gasteiger partial charge in [-0.25, -0.2) is 17.6 Å². The fraction of sp³-hybridized carbons (Fsp3) is 0.222. The SMILES string of the molecule is O=C(O)C(O)CS(=O)(=O)c1ccc(F)cc1. The third kappa shape index (κ3) is 3.01. The molecule has 0 amide bonds. The Morgan fingerprint density at radius 3 is 2.25 bits per heavy atom. The predicted octanol–water partition coefficient (Wildman–Crippen LogP) is 0.0449. The Morgan fingerprint density at radius 1 is 1.31 bits per heavy atom. The molecule has 0 radical (unpaired) electrons. The number of aliphatic hydroxyl groups excluding tert-OH is 1. The Kier molecular flexibility index (Phi) is 3.61. The predicted molar refractivity (Wildman–Crippen MR) is 52.1 cm³/mol. The highest BCUT2D eigenvalue weighted by Gasteiger charge is 2.24. The van der Waals surface area contributed by atoms with Crippen molar-refractivity contribution in [3.05, 3.63) is 30.1 Å². The van der Waals surface area contributed by atoms with Gasteiger partial charge < -0.3 is 10.2 Å². The lowest BCUT2D eigenvalue weighted by Crippen LogP contribution is -2.28. The zero-order valence-electron chi connectivity index (χ0n) is 8.00. The molecule has 0 aliphatic carbocycles. The monoisotopic (exact) mass is 248 g/mol. The number of hydrogen-bond donors (Lipinski definition) is 2. The summed E-state index contributed by atoms with van der Waals surface area (Å²) in [7, 11) is -3.92. The van der Waals surface area contributed by atoms with Gasteiger partial charge in [-0.3, -0.25) is 0 Å². The van der Waals surface area contributed by atoms with Gasteiger partial charge in [0.05, 0.1) is 10.6 Å². The normalized spacial score (nSPS) is 13.4. The van der Waals surface area contributed by atoms with E-state index in [1.54, 1.807) is 0 Å². The van der Waals surface area contributed by atoms with E-state index in [2.05, 4.69) is 0 Å². The summed E-state index contributed by atoms with van der Waals surface area (Å²) in [5.74, 6) is -3.16. The molecule has 0 bridgehead atoms. The third-order valence-electron chi connectivity index (χ3n) is 1.84. The fourth-order valence-corrected chi connectivity index (χ4v) is 2.32. The second-order valence-corrected chi connectivity index (χ2v) is 5.12. The van der Waals surface area contributed by atoms with E-state index in [1.807, 2.05) is 0 Å². The fourth-order valence-electron chi connectivity index (χ4n) is 1.02. The van der Waals surface area contributed by atoms with E-state index in [4.69, 9.17) is 10.2 Å². The van der Waals surface area contributed by atoms with Crippen LogP contribution >= 0.6 is 0 Å². The molecule has 0 saturated carbocycles. The summed E-state index contributed by atoms with van der Waals surface area (Å²) < 4.78 is 35.6. The smallest absolute Gasteiger partial charge is 0.333 e. The molecule has 2 N–H and O–H groups in total. The van der Waals surface area contributed by atoms with Crippen molar-refractivity contribution in [3.8, 4) is 0 Å². The molecule has 0 aliphatic rings. The molecule has 7 heteroatoms. The van der Waals surface area contributed by atoms with Crippen LogP contribution in [0.4, 0.5) is 4.39 Å². The van der Waals surface area contributed by atoms with Gasteiger partial charge in [0, 0.05) is 0 Å². The second-order valence-electron chi connectivity index (χ2n) is 3.09. The molecule has 0 aromatic heterocycles. The van der Waals surface area contributed by atoms with Gasteiger partial charge in [-0.2, -0.15) is 0 Å². The van der Waals surface area contributed by atoms with E-state index in [9.17, 15) is 17.6 Å². The molecule has 0 fully saturated rings. The maximum absolute atomic E-state index is 12.5. The molecule has 88 valence electrons. The first kappa shape index (κ1) is 12.6. The van der Waals surface area contributed by atoms with Crippen LogP contribution in [-0.4, -0.2) is 36.5 Å². The van der Waals surface area contributed by atoms with Crippen molar-refractivity contribution in [2.75, 3.05) is 5.75 Å². The average Bonchev–Trinajstić information content (AvgIpc) is 2.17. The van der Waals surface area contributed by atoms with Crippen LogP contribution in [0.3, 0.4) is 0 Å². The molecule has 1 aromatic carbocycles. The van der Waals surface area contributed by atoms with Gasteiger partial charge >= 0.3 is 5.97 Å². The topological polar surface area (TPSA) is 91.7 Å². The van der Waals surface area contributed by atoms with Crippen molar-refractivity contribution in [3.63, 3.8) is 0 Å². The molecule has 0 spiro atoms. The van der Waals surface area contributed by atoms with Crippen molar-refractivity contribution in [2.24, 2.45) is 0 Å². The number of carboxylic acids is 1. The van der Waals surface area contributed by atoms with E-state index < -0.39 is 33.5 Å². The van der Waals surface area contributed by atoms with Crippen molar-refractivity contribution in [1.29, 1.82) is 0 Å². The summed E-state index contributed by atoms with van der Waals surface area (Å²) in [5.41, 5.74) is 0. The van der Waals surface area contributed by atoms with Gasteiger partial charge in [-0.1, -0.05) is 0 Å². The molecule has 16 heavy (non-hydrogen) atoms.